The van der Waals surface area contributed by atoms with Crippen LogP contribution in [0.5, 0.6) is 0 Å². The maximum Gasteiger partial charge on any atom is 0.149 e. The van der Waals surface area contributed by atoms with Crippen LogP contribution >= 0.6 is 0 Å². The summed E-state index contributed by atoms with van der Waals surface area (Å²) < 4.78 is 5.01. The minimum atomic E-state index is 0.0259. The molecular formula is C9H16N4O2. The molecule has 1 rings (SSSR count). The summed E-state index contributed by atoms with van der Waals surface area (Å²) >= 11 is 0. The number of methoxy groups -OCH3 is 1. The van der Waals surface area contributed by atoms with E-state index in [-0.39, 0.29) is 12.6 Å². The molecule has 6 heteroatoms. The van der Waals surface area contributed by atoms with Gasteiger partial charge in [0, 0.05) is 13.7 Å². The smallest absolute Gasteiger partial charge is 0.149 e. The van der Waals surface area contributed by atoms with Gasteiger partial charge in [0.25, 0.3) is 0 Å². The largest absolute Gasteiger partial charge is 0.396 e. The van der Waals surface area contributed by atoms with E-state index < -0.39 is 0 Å². The zero-order valence-electron chi connectivity index (χ0n) is 8.68. The van der Waals surface area contributed by atoms with Gasteiger partial charge in [0.05, 0.1) is 12.6 Å². The molecule has 15 heavy (non-hydrogen) atoms. The van der Waals surface area contributed by atoms with Gasteiger partial charge in [0.2, 0.25) is 0 Å². The van der Waals surface area contributed by atoms with Gasteiger partial charge in [-0.15, -0.1) is 10.2 Å². The molecule has 1 atom stereocenters. The molecule has 1 aromatic rings. The number of nitrogens with two attached hydrogens (primary N) is 1. The zero-order valence-corrected chi connectivity index (χ0v) is 8.68. The molecule has 1 heterocycles. The summed E-state index contributed by atoms with van der Waals surface area (Å²) in [5, 5.41) is 19.5. The Morgan fingerprint density at radius 2 is 2.33 bits per heavy atom. The predicted octanol–water partition coefficient (Wildman–Crippen LogP) is -0.132. The first kappa shape index (κ1) is 11.7. The summed E-state index contributed by atoms with van der Waals surface area (Å²) in [7, 11) is 1.61. The van der Waals surface area contributed by atoms with Crippen molar-refractivity contribution in [1.82, 2.24) is 10.2 Å². The average Bonchev–Trinajstić information content (AvgIpc) is 2.22. The van der Waals surface area contributed by atoms with Crippen molar-refractivity contribution < 1.29 is 9.84 Å². The van der Waals surface area contributed by atoms with E-state index in [4.69, 9.17) is 15.6 Å². The quantitative estimate of drug-likeness (QED) is 0.608. The van der Waals surface area contributed by atoms with E-state index in [0.717, 1.165) is 0 Å². The molecule has 4 N–H and O–H groups in total. The van der Waals surface area contributed by atoms with Crippen molar-refractivity contribution in [1.29, 1.82) is 0 Å². The molecule has 0 saturated carbocycles. The van der Waals surface area contributed by atoms with E-state index in [1.807, 2.05) is 0 Å². The van der Waals surface area contributed by atoms with Gasteiger partial charge in [-0.05, 0) is 18.6 Å². The fourth-order valence-corrected chi connectivity index (χ4v) is 1.18. The number of aromatic nitrogens is 2. The number of rotatable bonds is 6. The lowest BCUT2D eigenvalue weighted by Gasteiger charge is -2.16. The Labute approximate surface area is 88.5 Å². The highest BCUT2D eigenvalue weighted by molar-refractivity contribution is 5.39. The monoisotopic (exact) mass is 212 g/mol. The van der Waals surface area contributed by atoms with Crippen LogP contribution < -0.4 is 11.1 Å². The van der Waals surface area contributed by atoms with E-state index in [1.165, 1.54) is 0 Å². The lowest BCUT2D eigenvalue weighted by atomic mass is 10.2. The number of nitrogens with zero attached hydrogens (tertiary/aromatic N) is 2. The second-order valence-corrected chi connectivity index (χ2v) is 3.15. The molecule has 0 amide bonds. The second-order valence-electron chi connectivity index (χ2n) is 3.15. The van der Waals surface area contributed by atoms with E-state index in [0.29, 0.717) is 24.7 Å². The van der Waals surface area contributed by atoms with Gasteiger partial charge in [0.15, 0.2) is 0 Å². The fraction of sp³-hybridized carbons (Fsp3) is 0.556. The summed E-state index contributed by atoms with van der Waals surface area (Å²) in [4.78, 5) is 0. The summed E-state index contributed by atoms with van der Waals surface area (Å²) in [6.07, 6.45) is 0.597. The molecular weight excluding hydrogens is 196 g/mol. The van der Waals surface area contributed by atoms with Gasteiger partial charge < -0.3 is 20.9 Å². The molecule has 0 bridgehead atoms. The summed E-state index contributed by atoms with van der Waals surface area (Å²) in [5.74, 6) is 1.01. The summed E-state index contributed by atoms with van der Waals surface area (Å²) in [6.45, 7) is 0.607. The number of aliphatic hydroxyl groups excluding tert-OH is 1. The minimum absolute atomic E-state index is 0.0259. The Kier molecular flexibility index (Phi) is 4.79. The third kappa shape index (κ3) is 4.09. The van der Waals surface area contributed by atoms with E-state index in [9.17, 15) is 0 Å². The molecule has 0 spiro atoms. The second kappa shape index (κ2) is 6.15. The minimum Gasteiger partial charge on any atom is -0.396 e. The molecule has 0 aromatic carbocycles. The van der Waals surface area contributed by atoms with Crippen LogP contribution in [0.3, 0.4) is 0 Å². The third-order valence-electron chi connectivity index (χ3n) is 1.88. The number of hydrogen-bond acceptors (Lipinski definition) is 6. The Morgan fingerprint density at radius 3 is 2.87 bits per heavy atom. The van der Waals surface area contributed by atoms with Crippen molar-refractivity contribution in [3.63, 3.8) is 0 Å². The Morgan fingerprint density at radius 1 is 1.53 bits per heavy atom. The van der Waals surface area contributed by atoms with Crippen LogP contribution in [-0.4, -0.2) is 41.7 Å². The Hall–Kier alpha value is -1.40. The van der Waals surface area contributed by atoms with Crippen LogP contribution in [-0.2, 0) is 4.74 Å². The predicted molar refractivity (Wildman–Crippen MR) is 57.4 cm³/mol. The average molecular weight is 212 g/mol. The first-order valence-corrected chi connectivity index (χ1v) is 4.71. The van der Waals surface area contributed by atoms with E-state index in [2.05, 4.69) is 15.5 Å². The van der Waals surface area contributed by atoms with Crippen molar-refractivity contribution >= 4 is 11.6 Å². The number of ether oxygens (including phenoxy) is 1. The zero-order chi connectivity index (χ0) is 11.1. The maximum absolute atomic E-state index is 8.83. The van der Waals surface area contributed by atoms with Gasteiger partial charge in [-0.3, -0.25) is 0 Å². The standard InChI is InChI=1S/C9H16N4O2/c1-15-6-7(4-5-14)11-9-3-2-8(10)12-13-9/h2-3,7,14H,4-6H2,1H3,(H2,10,12)(H,11,13). The summed E-state index contributed by atoms with van der Waals surface area (Å²) in [5.41, 5.74) is 5.41. The van der Waals surface area contributed by atoms with Crippen molar-refractivity contribution in [2.75, 3.05) is 31.4 Å². The van der Waals surface area contributed by atoms with Crippen LogP contribution in [0.15, 0.2) is 12.1 Å². The van der Waals surface area contributed by atoms with Crippen LogP contribution in [0.25, 0.3) is 0 Å². The molecule has 0 radical (unpaired) electrons. The highest BCUT2D eigenvalue weighted by atomic mass is 16.5. The molecule has 0 saturated heterocycles. The van der Waals surface area contributed by atoms with Crippen molar-refractivity contribution in [3.8, 4) is 0 Å². The molecule has 1 aromatic heterocycles. The first-order chi connectivity index (χ1) is 7.26. The van der Waals surface area contributed by atoms with Gasteiger partial charge >= 0.3 is 0 Å². The van der Waals surface area contributed by atoms with Crippen molar-refractivity contribution in [2.24, 2.45) is 0 Å². The van der Waals surface area contributed by atoms with Gasteiger partial charge in [0.1, 0.15) is 11.6 Å². The van der Waals surface area contributed by atoms with Crippen molar-refractivity contribution in [2.45, 2.75) is 12.5 Å². The van der Waals surface area contributed by atoms with Crippen molar-refractivity contribution in [3.05, 3.63) is 12.1 Å². The van der Waals surface area contributed by atoms with Crippen LogP contribution in [0.4, 0.5) is 11.6 Å². The molecule has 84 valence electrons. The number of nitrogens with one attached hydrogen (secondary N) is 1. The van der Waals surface area contributed by atoms with Crippen LogP contribution in [0, 0.1) is 0 Å². The Balaban J connectivity index is 2.53. The van der Waals surface area contributed by atoms with Gasteiger partial charge in [-0.1, -0.05) is 0 Å². The normalized spacial score (nSPS) is 12.4. The maximum atomic E-state index is 8.83. The number of nitrogen functional groups attached to an aromatic ring is 1. The Bertz CT molecular complexity index is 272. The molecule has 0 aliphatic heterocycles. The molecule has 0 aliphatic carbocycles. The number of hydrogen-bond donors (Lipinski definition) is 3. The highest BCUT2D eigenvalue weighted by Gasteiger charge is 2.08. The lowest BCUT2D eigenvalue weighted by Crippen LogP contribution is -2.26. The van der Waals surface area contributed by atoms with E-state index in [1.54, 1.807) is 19.2 Å². The molecule has 0 aliphatic rings. The van der Waals surface area contributed by atoms with Crippen LogP contribution in [0.2, 0.25) is 0 Å². The third-order valence-corrected chi connectivity index (χ3v) is 1.88. The van der Waals surface area contributed by atoms with Crippen LogP contribution in [0.1, 0.15) is 6.42 Å². The molecule has 6 nitrogen and oxygen atoms in total. The fourth-order valence-electron chi connectivity index (χ4n) is 1.18. The lowest BCUT2D eigenvalue weighted by molar-refractivity contribution is 0.170. The summed E-state index contributed by atoms with van der Waals surface area (Å²) in [6, 6.07) is 3.43. The van der Waals surface area contributed by atoms with Gasteiger partial charge in [-0.2, -0.15) is 0 Å². The number of aliphatic hydroxyl groups is 1. The number of anilines is 2. The molecule has 1 unspecified atom stereocenters. The highest BCUT2D eigenvalue weighted by Crippen LogP contribution is 2.06. The van der Waals surface area contributed by atoms with Gasteiger partial charge in [-0.25, -0.2) is 0 Å². The SMILES string of the molecule is COCC(CCO)Nc1ccc(N)nn1. The van der Waals surface area contributed by atoms with E-state index >= 15 is 0 Å². The molecule has 0 fully saturated rings. The topological polar surface area (TPSA) is 93.3 Å². The first-order valence-electron chi connectivity index (χ1n) is 4.71.